The van der Waals surface area contributed by atoms with E-state index < -0.39 is 0 Å². The SMILES string of the molecule is CCCC(=O)CN1CCCN(C)C(=O)C1. The summed E-state index contributed by atoms with van der Waals surface area (Å²) in [5.41, 5.74) is 0. The van der Waals surface area contributed by atoms with Gasteiger partial charge in [-0.3, -0.25) is 14.5 Å². The van der Waals surface area contributed by atoms with Crippen LogP contribution in [0.3, 0.4) is 0 Å². The number of amides is 1. The summed E-state index contributed by atoms with van der Waals surface area (Å²) in [4.78, 5) is 26.7. The van der Waals surface area contributed by atoms with Gasteiger partial charge in [-0.05, 0) is 12.8 Å². The molecule has 1 fully saturated rings. The number of rotatable bonds is 4. The van der Waals surface area contributed by atoms with Gasteiger partial charge in [0, 0.05) is 26.6 Å². The zero-order valence-corrected chi connectivity index (χ0v) is 9.66. The number of ketones is 1. The molecule has 15 heavy (non-hydrogen) atoms. The molecule has 1 aliphatic rings. The lowest BCUT2D eigenvalue weighted by molar-refractivity contribution is -0.130. The molecule has 0 atom stereocenters. The summed E-state index contributed by atoms with van der Waals surface area (Å²) in [6.45, 7) is 4.49. The van der Waals surface area contributed by atoms with Gasteiger partial charge in [0.2, 0.25) is 5.91 Å². The van der Waals surface area contributed by atoms with Gasteiger partial charge in [-0.1, -0.05) is 6.92 Å². The topological polar surface area (TPSA) is 40.6 Å². The van der Waals surface area contributed by atoms with Crippen molar-refractivity contribution in [1.29, 1.82) is 0 Å². The lowest BCUT2D eigenvalue weighted by Crippen LogP contribution is -2.37. The molecule has 0 unspecified atom stereocenters. The predicted molar refractivity (Wildman–Crippen MR) is 58.6 cm³/mol. The summed E-state index contributed by atoms with van der Waals surface area (Å²) in [5, 5.41) is 0. The van der Waals surface area contributed by atoms with Gasteiger partial charge in [0.05, 0.1) is 13.1 Å². The molecule has 0 saturated carbocycles. The minimum atomic E-state index is 0.122. The van der Waals surface area contributed by atoms with E-state index in [2.05, 4.69) is 0 Å². The van der Waals surface area contributed by atoms with E-state index in [0.717, 1.165) is 25.9 Å². The van der Waals surface area contributed by atoms with Crippen molar-refractivity contribution in [1.82, 2.24) is 9.80 Å². The molecule has 0 aliphatic carbocycles. The number of hydrogen-bond donors (Lipinski definition) is 0. The third-order valence-corrected chi connectivity index (χ3v) is 2.68. The molecule has 0 aromatic heterocycles. The Hall–Kier alpha value is -0.900. The molecular weight excluding hydrogens is 192 g/mol. The van der Waals surface area contributed by atoms with Crippen LogP contribution in [-0.2, 0) is 9.59 Å². The van der Waals surface area contributed by atoms with Gasteiger partial charge in [0.15, 0.2) is 0 Å². The van der Waals surface area contributed by atoms with E-state index in [4.69, 9.17) is 0 Å². The van der Waals surface area contributed by atoms with Crippen LogP contribution in [0.1, 0.15) is 26.2 Å². The van der Waals surface area contributed by atoms with Crippen LogP contribution in [0.2, 0.25) is 0 Å². The highest BCUT2D eigenvalue weighted by atomic mass is 16.2. The quantitative estimate of drug-likeness (QED) is 0.682. The molecule has 0 N–H and O–H groups in total. The fraction of sp³-hybridized carbons (Fsp3) is 0.818. The van der Waals surface area contributed by atoms with Gasteiger partial charge < -0.3 is 4.90 Å². The largest absolute Gasteiger partial charge is 0.345 e. The molecule has 4 nitrogen and oxygen atoms in total. The molecule has 1 saturated heterocycles. The van der Waals surface area contributed by atoms with Crippen molar-refractivity contribution < 1.29 is 9.59 Å². The van der Waals surface area contributed by atoms with Crippen LogP contribution in [0.4, 0.5) is 0 Å². The average Bonchev–Trinajstić information content (AvgIpc) is 2.30. The van der Waals surface area contributed by atoms with Crippen molar-refractivity contribution >= 4 is 11.7 Å². The average molecular weight is 212 g/mol. The van der Waals surface area contributed by atoms with Gasteiger partial charge in [0.1, 0.15) is 5.78 Å². The number of hydrogen-bond acceptors (Lipinski definition) is 3. The summed E-state index contributed by atoms with van der Waals surface area (Å²) in [6.07, 6.45) is 2.47. The van der Waals surface area contributed by atoms with Crippen molar-refractivity contribution in [2.24, 2.45) is 0 Å². The number of carbonyl (C=O) groups excluding carboxylic acids is 2. The van der Waals surface area contributed by atoms with Crippen LogP contribution in [0.25, 0.3) is 0 Å². The van der Waals surface area contributed by atoms with Crippen molar-refractivity contribution in [2.75, 3.05) is 33.2 Å². The monoisotopic (exact) mass is 212 g/mol. The second kappa shape index (κ2) is 5.85. The molecule has 86 valence electrons. The van der Waals surface area contributed by atoms with Crippen LogP contribution in [0, 0.1) is 0 Å². The first-order valence-electron chi connectivity index (χ1n) is 5.61. The van der Waals surface area contributed by atoms with E-state index in [1.165, 1.54) is 0 Å². The normalized spacial score (nSPS) is 19.1. The second-order valence-corrected chi connectivity index (χ2v) is 4.17. The number of nitrogens with zero attached hydrogens (tertiary/aromatic N) is 2. The summed E-state index contributed by atoms with van der Waals surface area (Å²) in [7, 11) is 1.82. The lowest BCUT2D eigenvalue weighted by Gasteiger charge is -2.18. The zero-order chi connectivity index (χ0) is 11.3. The van der Waals surface area contributed by atoms with Gasteiger partial charge in [-0.2, -0.15) is 0 Å². The van der Waals surface area contributed by atoms with Crippen molar-refractivity contribution in [3.63, 3.8) is 0 Å². The Morgan fingerprint density at radius 3 is 2.80 bits per heavy atom. The second-order valence-electron chi connectivity index (χ2n) is 4.17. The van der Waals surface area contributed by atoms with Crippen LogP contribution < -0.4 is 0 Å². The standard InChI is InChI=1S/C11H20N2O2/c1-3-5-10(14)8-13-7-4-6-12(2)11(15)9-13/h3-9H2,1-2H3. The smallest absolute Gasteiger partial charge is 0.236 e. The van der Waals surface area contributed by atoms with Gasteiger partial charge >= 0.3 is 0 Å². The predicted octanol–water partition coefficient (Wildman–Crippen LogP) is 0.520. The Morgan fingerprint density at radius 2 is 2.13 bits per heavy atom. The van der Waals surface area contributed by atoms with E-state index in [1.54, 1.807) is 4.90 Å². The molecule has 0 bridgehead atoms. The Bertz CT molecular complexity index is 241. The summed E-state index contributed by atoms with van der Waals surface area (Å²) >= 11 is 0. The van der Waals surface area contributed by atoms with Crippen LogP contribution in [0.5, 0.6) is 0 Å². The molecule has 1 heterocycles. The number of Topliss-reactive ketones (excluding diaryl/α,β-unsaturated/α-hetero) is 1. The minimum Gasteiger partial charge on any atom is -0.345 e. The molecule has 0 aromatic carbocycles. The van der Waals surface area contributed by atoms with E-state index in [1.807, 2.05) is 18.9 Å². The van der Waals surface area contributed by atoms with Gasteiger partial charge in [0.25, 0.3) is 0 Å². The summed E-state index contributed by atoms with van der Waals surface area (Å²) < 4.78 is 0. The first-order chi connectivity index (χ1) is 7.13. The molecule has 0 aromatic rings. The van der Waals surface area contributed by atoms with E-state index in [-0.39, 0.29) is 11.7 Å². The van der Waals surface area contributed by atoms with Gasteiger partial charge in [-0.15, -0.1) is 0 Å². The van der Waals surface area contributed by atoms with Crippen LogP contribution in [0.15, 0.2) is 0 Å². The summed E-state index contributed by atoms with van der Waals surface area (Å²) in [5.74, 6) is 0.367. The molecule has 1 rings (SSSR count). The highest BCUT2D eigenvalue weighted by molar-refractivity contribution is 5.82. The number of likely N-dealkylation sites (N-methyl/N-ethyl adjacent to an activating group) is 1. The minimum absolute atomic E-state index is 0.122. The lowest BCUT2D eigenvalue weighted by atomic mass is 10.2. The molecule has 0 spiro atoms. The molecular formula is C11H20N2O2. The Labute approximate surface area is 91.2 Å². The first-order valence-corrected chi connectivity index (χ1v) is 5.61. The fourth-order valence-corrected chi connectivity index (χ4v) is 1.79. The highest BCUT2D eigenvalue weighted by Crippen LogP contribution is 2.03. The van der Waals surface area contributed by atoms with E-state index in [9.17, 15) is 9.59 Å². The third kappa shape index (κ3) is 4.00. The van der Waals surface area contributed by atoms with Crippen LogP contribution in [-0.4, -0.2) is 54.7 Å². The van der Waals surface area contributed by atoms with E-state index in [0.29, 0.717) is 19.5 Å². The molecule has 1 aliphatic heterocycles. The maximum absolute atomic E-state index is 11.5. The number of carbonyl (C=O) groups is 2. The third-order valence-electron chi connectivity index (χ3n) is 2.68. The van der Waals surface area contributed by atoms with Crippen molar-refractivity contribution in [3.8, 4) is 0 Å². The fourth-order valence-electron chi connectivity index (χ4n) is 1.79. The van der Waals surface area contributed by atoms with Crippen molar-refractivity contribution in [2.45, 2.75) is 26.2 Å². The molecule has 1 amide bonds. The molecule has 0 radical (unpaired) electrons. The van der Waals surface area contributed by atoms with Gasteiger partial charge in [-0.25, -0.2) is 0 Å². The summed E-state index contributed by atoms with van der Waals surface area (Å²) in [6, 6.07) is 0. The molecule has 4 heteroatoms. The maximum atomic E-state index is 11.5. The Kier molecular flexibility index (Phi) is 4.75. The maximum Gasteiger partial charge on any atom is 0.236 e. The highest BCUT2D eigenvalue weighted by Gasteiger charge is 2.19. The van der Waals surface area contributed by atoms with Crippen molar-refractivity contribution in [3.05, 3.63) is 0 Å². The Balaban J connectivity index is 2.41. The zero-order valence-electron chi connectivity index (χ0n) is 9.66. The van der Waals surface area contributed by atoms with Crippen LogP contribution >= 0.6 is 0 Å². The Morgan fingerprint density at radius 1 is 1.40 bits per heavy atom. The first kappa shape index (κ1) is 12.2. The van der Waals surface area contributed by atoms with E-state index >= 15 is 0 Å².